The van der Waals surface area contributed by atoms with Crippen LogP contribution >= 0.6 is 12.2 Å². The quantitative estimate of drug-likeness (QED) is 0.393. The summed E-state index contributed by atoms with van der Waals surface area (Å²) in [6.07, 6.45) is 1.84. The number of benzene rings is 2. The Hall–Kier alpha value is -3.64. The van der Waals surface area contributed by atoms with Crippen LogP contribution in [0.1, 0.15) is 34.7 Å². The molecule has 5 rings (SSSR count). The number of rotatable bonds is 5. The zero-order chi connectivity index (χ0) is 22.9. The van der Waals surface area contributed by atoms with Crippen molar-refractivity contribution in [1.29, 1.82) is 0 Å². The summed E-state index contributed by atoms with van der Waals surface area (Å²) < 4.78 is 7.63. The summed E-state index contributed by atoms with van der Waals surface area (Å²) in [6, 6.07) is 26.7. The number of anilines is 1. The van der Waals surface area contributed by atoms with E-state index in [0.29, 0.717) is 5.11 Å². The number of thiocarbonyl (C=S) groups is 1. The molecule has 0 amide bonds. The molecular formula is C27H26N4OS. The summed E-state index contributed by atoms with van der Waals surface area (Å²) in [5, 5.41) is 4.25. The standard InChI is InChI=1S/C27H26N4OS/c1-18-17-23(19(2)30(18)21-12-14-22(32-3)15-13-21)26-25(24-11-7-8-16-28-24)29-27(33)31(26)20-9-5-4-6-10-20/h4-17,25-26H,1-3H3,(H,29,33)/t25-,26+/m0/s1. The molecule has 0 bridgehead atoms. The molecule has 0 aliphatic carbocycles. The second-order valence-corrected chi connectivity index (χ2v) is 8.58. The van der Waals surface area contributed by atoms with Crippen LogP contribution in [0.5, 0.6) is 5.75 Å². The molecule has 1 N–H and O–H groups in total. The summed E-state index contributed by atoms with van der Waals surface area (Å²) >= 11 is 5.85. The van der Waals surface area contributed by atoms with E-state index in [9.17, 15) is 0 Å². The second-order valence-electron chi connectivity index (χ2n) is 8.19. The van der Waals surface area contributed by atoms with Crippen molar-refractivity contribution in [2.24, 2.45) is 0 Å². The lowest BCUT2D eigenvalue weighted by Crippen LogP contribution is -2.29. The molecule has 1 aliphatic heterocycles. The van der Waals surface area contributed by atoms with Gasteiger partial charge in [0.2, 0.25) is 0 Å². The minimum atomic E-state index is -0.0660. The number of nitrogens with zero attached hydrogens (tertiary/aromatic N) is 3. The van der Waals surface area contributed by atoms with Gasteiger partial charge in [0.1, 0.15) is 5.75 Å². The Labute approximate surface area is 199 Å². The predicted octanol–water partition coefficient (Wildman–Crippen LogP) is 5.67. The number of nitrogens with one attached hydrogen (secondary N) is 1. The number of hydrogen-bond acceptors (Lipinski definition) is 3. The molecule has 4 aromatic rings. The SMILES string of the molecule is COc1ccc(-n2c(C)cc([C@@H]3[C@H](c4ccccn4)NC(=S)N3c3ccccc3)c2C)cc1. The van der Waals surface area contributed by atoms with Crippen LogP contribution < -0.4 is 15.0 Å². The highest BCUT2D eigenvalue weighted by Gasteiger charge is 2.42. The predicted molar refractivity (Wildman–Crippen MR) is 136 cm³/mol. The lowest BCUT2D eigenvalue weighted by Gasteiger charge is -2.28. The monoisotopic (exact) mass is 454 g/mol. The Kier molecular flexibility index (Phi) is 5.60. The molecule has 2 aromatic heterocycles. The fraction of sp³-hybridized carbons (Fsp3) is 0.185. The van der Waals surface area contributed by atoms with Crippen LogP contribution in [0.3, 0.4) is 0 Å². The van der Waals surface area contributed by atoms with Gasteiger partial charge in [-0.2, -0.15) is 0 Å². The van der Waals surface area contributed by atoms with Crippen molar-refractivity contribution in [1.82, 2.24) is 14.9 Å². The van der Waals surface area contributed by atoms with Gasteiger partial charge in [-0.3, -0.25) is 4.98 Å². The highest BCUT2D eigenvalue weighted by Crippen LogP contribution is 2.43. The van der Waals surface area contributed by atoms with Crippen LogP contribution in [0.4, 0.5) is 5.69 Å². The van der Waals surface area contributed by atoms with Gasteiger partial charge in [-0.05, 0) is 86.2 Å². The van der Waals surface area contributed by atoms with Crippen LogP contribution in [0.15, 0.2) is 85.1 Å². The second kappa shape index (κ2) is 8.71. The lowest BCUT2D eigenvalue weighted by molar-refractivity contribution is 0.414. The first-order chi connectivity index (χ1) is 16.1. The molecule has 33 heavy (non-hydrogen) atoms. The number of methoxy groups -OCH3 is 1. The van der Waals surface area contributed by atoms with Gasteiger partial charge in [0.25, 0.3) is 0 Å². The molecule has 0 unspecified atom stereocenters. The summed E-state index contributed by atoms with van der Waals surface area (Å²) in [6.45, 7) is 4.32. The van der Waals surface area contributed by atoms with Gasteiger partial charge >= 0.3 is 0 Å². The first-order valence-corrected chi connectivity index (χ1v) is 11.4. The average Bonchev–Trinajstić information content (AvgIpc) is 3.35. The van der Waals surface area contributed by atoms with E-state index in [1.54, 1.807) is 7.11 Å². The van der Waals surface area contributed by atoms with E-state index in [0.717, 1.165) is 22.8 Å². The lowest BCUT2D eigenvalue weighted by atomic mass is 9.96. The number of para-hydroxylation sites is 1. The Bertz CT molecular complexity index is 1270. The van der Waals surface area contributed by atoms with Crippen LogP contribution in [0, 0.1) is 13.8 Å². The number of pyridine rings is 1. The molecule has 2 atom stereocenters. The minimum absolute atomic E-state index is 0.0343. The molecule has 1 aliphatic rings. The van der Waals surface area contributed by atoms with Crippen LogP contribution in [-0.4, -0.2) is 21.8 Å². The molecule has 6 heteroatoms. The van der Waals surface area contributed by atoms with Crippen LogP contribution in [0.25, 0.3) is 5.69 Å². The molecule has 2 aromatic carbocycles. The number of ether oxygens (including phenoxy) is 1. The summed E-state index contributed by atoms with van der Waals surface area (Å²) in [5.41, 5.74) is 6.70. The van der Waals surface area contributed by atoms with E-state index in [1.807, 2.05) is 48.7 Å². The van der Waals surface area contributed by atoms with E-state index in [2.05, 4.69) is 70.0 Å². The van der Waals surface area contributed by atoms with Crippen molar-refractivity contribution in [3.63, 3.8) is 0 Å². The van der Waals surface area contributed by atoms with Crippen molar-refractivity contribution in [2.45, 2.75) is 25.9 Å². The third-order valence-corrected chi connectivity index (χ3v) is 6.57. The van der Waals surface area contributed by atoms with Gasteiger partial charge in [-0.25, -0.2) is 0 Å². The maximum Gasteiger partial charge on any atom is 0.174 e. The maximum atomic E-state index is 5.85. The van der Waals surface area contributed by atoms with Crippen LogP contribution in [-0.2, 0) is 0 Å². The highest BCUT2D eigenvalue weighted by atomic mass is 32.1. The van der Waals surface area contributed by atoms with Gasteiger partial charge in [0, 0.05) is 29.0 Å². The fourth-order valence-corrected chi connectivity index (χ4v) is 5.10. The van der Waals surface area contributed by atoms with Crippen molar-refractivity contribution in [3.8, 4) is 11.4 Å². The average molecular weight is 455 g/mol. The van der Waals surface area contributed by atoms with Crippen molar-refractivity contribution < 1.29 is 4.74 Å². The molecule has 3 heterocycles. The summed E-state index contributed by atoms with van der Waals surface area (Å²) in [5.74, 6) is 0.845. The van der Waals surface area contributed by atoms with Crippen LogP contribution in [0.2, 0.25) is 0 Å². The van der Waals surface area contributed by atoms with Crippen molar-refractivity contribution >= 4 is 23.0 Å². The molecular weight excluding hydrogens is 428 g/mol. The zero-order valence-corrected chi connectivity index (χ0v) is 19.7. The van der Waals surface area contributed by atoms with E-state index < -0.39 is 0 Å². The number of aryl methyl sites for hydroxylation is 1. The van der Waals surface area contributed by atoms with E-state index in [-0.39, 0.29) is 12.1 Å². The van der Waals surface area contributed by atoms with Gasteiger partial charge in [-0.1, -0.05) is 24.3 Å². The Morgan fingerprint density at radius 3 is 2.30 bits per heavy atom. The van der Waals surface area contributed by atoms with Gasteiger partial charge < -0.3 is 19.5 Å². The summed E-state index contributed by atoms with van der Waals surface area (Å²) in [7, 11) is 1.69. The molecule has 0 radical (unpaired) electrons. The van der Waals surface area contributed by atoms with Crippen molar-refractivity contribution in [3.05, 3.63) is 108 Å². The Morgan fingerprint density at radius 2 is 1.64 bits per heavy atom. The largest absolute Gasteiger partial charge is 0.497 e. The smallest absolute Gasteiger partial charge is 0.174 e. The third kappa shape index (κ3) is 3.76. The summed E-state index contributed by atoms with van der Waals surface area (Å²) in [4.78, 5) is 6.88. The number of aromatic nitrogens is 2. The molecule has 1 fully saturated rings. The fourth-order valence-electron chi connectivity index (χ4n) is 4.75. The van der Waals surface area contributed by atoms with E-state index >= 15 is 0 Å². The molecule has 0 spiro atoms. The first-order valence-electron chi connectivity index (χ1n) is 11.0. The molecule has 166 valence electrons. The van der Waals surface area contributed by atoms with E-state index in [1.165, 1.54) is 17.0 Å². The topological polar surface area (TPSA) is 42.3 Å². The zero-order valence-electron chi connectivity index (χ0n) is 18.9. The normalized spacial score (nSPS) is 17.8. The Morgan fingerprint density at radius 1 is 0.909 bits per heavy atom. The van der Waals surface area contributed by atoms with E-state index in [4.69, 9.17) is 17.0 Å². The number of hydrogen-bond donors (Lipinski definition) is 1. The Balaban J connectivity index is 1.65. The molecule has 0 saturated carbocycles. The molecule has 5 nitrogen and oxygen atoms in total. The minimum Gasteiger partial charge on any atom is -0.497 e. The van der Waals surface area contributed by atoms with Gasteiger partial charge in [0.15, 0.2) is 5.11 Å². The van der Waals surface area contributed by atoms with Gasteiger partial charge in [-0.15, -0.1) is 0 Å². The van der Waals surface area contributed by atoms with Gasteiger partial charge in [0.05, 0.1) is 24.9 Å². The highest BCUT2D eigenvalue weighted by molar-refractivity contribution is 7.80. The molecule has 1 saturated heterocycles. The maximum absolute atomic E-state index is 5.85. The first kappa shape index (κ1) is 21.2. The third-order valence-electron chi connectivity index (χ3n) is 6.25. The van der Waals surface area contributed by atoms with Crippen molar-refractivity contribution in [2.75, 3.05) is 12.0 Å².